The standard InChI is InChI=1S/C10H10N4O3/c1-13-8(11)9(14(15)16)12-10(13)17-7-5-3-2-4-6-7/h2-6H,11H2,1H3. The number of nitrogens with two attached hydrogens (primary N) is 1. The highest BCUT2D eigenvalue weighted by Crippen LogP contribution is 2.28. The number of benzene rings is 1. The molecule has 2 rings (SSSR count). The lowest BCUT2D eigenvalue weighted by molar-refractivity contribution is -0.388. The van der Waals surface area contributed by atoms with Gasteiger partial charge in [0.25, 0.3) is 0 Å². The number of hydrogen-bond donors (Lipinski definition) is 1. The second-order valence-electron chi connectivity index (χ2n) is 3.33. The number of ether oxygens (including phenoxy) is 1. The number of anilines is 1. The fourth-order valence-electron chi connectivity index (χ4n) is 1.30. The fourth-order valence-corrected chi connectivity index (χ4v) is 1.30. The van der Waals surface area contributed by atoms with Gasteiger partial charge in [0.1, 0.15) is 5.75 Å². The zero-order valence-corrected chi connectivity index (χ0v) is 9.03. The number of nitro groups is 1. The maximum atomic E-state index is 10.6. The first-order valence-corrected chi connectivity index (χ1v) is 4.79. The number of para-hydroxylation sites is 1. The van der Waals surface area contributed by atoms with Gasteiger partial charge in [-0.1, -0.05) is 18.2 Å². The molecule has 0 saturated heterocycles. The second kappa shape index (κ2) is 4.12. The molecule has 0 fully saturated rings. The molecule has 7 nitrogen and oxygen atoms in total. The van der Waals surface area contributed by atoms with Gasteiger partial charge in [-0.05, 0) is 17.1 Å². The molecular weight excluding hydrogens is 224 g/mol. The Labute approximate surface area is 96.6 Å². The largest absolute Gasteiger partial charge is 0.421 e. The molecule has 2 N–H and O–H groups in total. The summed E-state index contributed by atoms with van der Waals surface area (Å²) >= 11 is 0. The Hall–Kier alpha value is -2.57. The monoisotopic (exact) mass is 234 g/mol. The van der Waals surface area contributed by atoms with Crippen LogP contribution in [0.5, 0.6) is 11.8 Å². The Bertz CT molecular complexity index is 550. The van der Waals surface area contributed by atoms with Gasteiger partial charge in [0, 0.05) is 12.0 Å². The number of imidazole rings is 1. The van der Waals surface area contributed by atoms with Crippen LogP contribution in [0.2, 0.25) is 0 Å². The average molecular weight is 234 g/mol. The highest BCUT2D eigenvalue weighted by atomic mass is 16.6. The van der Waals surface area contributed by atoms with Crippen molar-refractivity contribution >= 4 is 11.6 Å². The second-order valence-corrected chi connectivity index (χ2v) is 3.33. The molecule has 0 aliphatic heterocycles. The average Bonchev–Trinajstić information content (AvgIpc) is 2.59. The van der Waals surface area contributed by atoms with Gasteiger partial charge >= 0.3 is 11.8 Å². The lowest BCUT2D eigenvalue weighted by Gasteiger charge is -2.00. The Morgan fingerprint density at radius 1 is 1.41 bits per heavy atom. The maximum absolute atomic E-state index is 10.6. The van der Waals surface area contributed by atoms with Crippen LogP contribution in [0.25, 0.3) is 0 Å². The third-order valence-electron chi connectivity index (χ3n) is 2.20. The number of aromatic nitrogens is 2. The van der Waals surface area contributed by atoms with Crippen LogP contribution in [-0.2, 0) is 7.05 Å². The van der Waals surface area contributed by atoms with Gasteiger partial charge in [0.2, 0.25) is 5.82 Å². The van der Waals surface area contributed by atoms with Crippen LogP contribution in [0.4, 0.5) is 11.6 Å². The van der Waals surface area contributed by atoms with Gasteiger partial charge in [-0.3, -0.25) is 4.57 Å². The molecule has 7 heteroatoms. The van der Waals surface area contributed by atoms with Crippen LogP contribution >= 0.6 is 0 Å². The van der Waals surface area contributed by atoms with Crippen molar-refractivity contribution in [2.45, 2.75) is 0 Å². The van der Waals surface area contributed by atoms with E-state index in [9.17, 15) is 10.1 Å². The van der Waals surface area contributed by atoms with E-state index in [1.54, 1.807) is 31.3 Å². The fraction of sp³-hybridized carbons (Fsp3) is 0.100. The first-order chi connectivity index (χ1) is 8.09. The summed E-state index contributed by atoms with van der Waals surface area (Å²) in [6, 6.07) is 8.93. The summed E-state index contributed by atoms with van der Waals surface area (Å²) < 4.78 is 6.71. The van der Waals surface area contributed by atoms with Gasteiger partial charge in [-0.25, -0.2) is 0 Å². The van der Waals surface area contributed by atoms with E-state index in [4.69, 9.17) is 10.5 Å². The van der Waals surface area contributed by atoms with Crippen LogP contribution in [0.1, 0.15) is 0 Å². The van der Waals surface area contributed by atoms with E-state index in [2.05, 4.69) is 4.98 Å². The quantitative estimate of drug-likeness (QED) is 0.644. The third kappa shape index (κ3) is 2.03. The molecule has 0 aliphatic rings. The van der Waals surface area contributed by atoms with E-state index < -0.39 is 10.7 Å². The molecule has 1 aromatic heterocycles. The molecule has 17 heavy (non-hydrogen) atoms. The number of hydrogen-bond acceptors (Lipinski definition) is 5. The summed E-state index contributed by atoms with van der Waals surface area (Å²) in [5.74, 6) is 0.0925. The SMILES string of the molecule is Cn1c(Oc2ccccc2)nc([N+](=O)[O-])c1N. The summed E-state index contributed by atoms with van der Waals surface area (Å²) in [5.41, 5.74) is 5.54. The minimum atomic E-state index is -0.646. The van der Waals surface area contributed by atoms with E-state index in [1.165, 1.54) is 4.57 Å². The predicted molar refractivity (Wildman–Crippen MR) is 60.8 cm³/mol. The van der Waals surface area contributed by atoms with Gasteiger partial charge in [0.15, 0.2) is 0 Å². The molecule has 0 amide bonds. The third-order valence-corrected chi connectivity index (χ3v) is 2.20. The van der Waals surface area contributed by atoms with Gasteiger partial charge < -0.3 is 20.6 Å². The number of nitrogen functional groups attached to an aromatic ring is 1. The molecule has 2 aromatic rings. The molecule has 0 aliphatic carbocycles. The topological polar surface area (TPSA) is 96.2 Å². The number of rotatable bonds is 3. The van der Waals surface area contributed by atoms with E-state index in [0.29, 0.717) is 5.75 Å². The molecule has 0 unspecified atom stereocenters. The van der Waals surface area contributed by atoms with Crippen molar-refractivity contribution < 1.29 is 9.66 Å². The molecule has 0 saturated carbocycles. The van der Waals surface area contributed by atoms with Gasteiger partial charge in [-0.15, -0.1) is 0 Å². The highest BCUT2D eigenvalue weighted by molar-refractivity contribution is 5.50. The summed E-state index contributed by atoms with van der Waals surface area (Å²) in [5, 5.41) is 10.6. The van der Waals surface area contributed by atoms with E-state index in [1.807, 2.05) is 6.07 Å². The molecular formula is C10H10N4O3. The van der Waals surface area contributed by atoms with Crippen LogP contribution in [-0.4, -0.2) is 14.5 Å². The van der Waals surface area contributed by atoms with Crippen molar-refractivity contribution in [3.63, 3.8) is 0 Å². The Morgan fingerprint density at radius 3 is 2.59 bits per heavy atom. The van der Waals surface area contributed by atoms with Crippen LogP contribution in [0, 0.1) is 10.1 Å². The van der Waals surface area contributed by atoms with Crippen molar-refractivity contribution in [3.05, 3.63) is 40.4 Å². The van der Waals surface area contributed by atoms with E-state index >= 15 is 0 Å². The maximum Gasteiger partial charge on any atom is 0.421 e. The van der Waals surface area contributed by atoms with Crippen molar-refractivity contribution in [2.75, 3.05) is 5.73 Å². The Kier molecular flexibility index (Phi) is 2.65. The molecule has 0 atom stereocenters. The lowest BCUT2D eigenvalue weighted by Crippen LogP contribution is -2.00. The summed E-state index contributed by atoms with van der Waals surface area (Å²) in [6.07, 6.45) is 0. The van der Waals surface area contributed by atoms with Crippen molar-refractivity contribution in [1.82, 2.24) is 9.55 Å². The normalized spacial score (nSPS) is 10.2. The molecule has 1 heterocycles. The minimum absolute atomic E-state index is 0.0408. The minimum Gasteiger partial charge on any atom is -0.407 e. The molecule has 88 valence electrons. The predicted octanol–water partition coefficient (Wildman–Crippen LogP) is 1.70. The number of nitrogens with zero attached hydrogens (tertiary/aromatic N) is 3. The van der Waals surface area contributed by atoms with Crippen molar-refractivity contribution in [3.8, 4) is 11.8 Å². The Balaban J connectivity index is 2.34. The lowest BCUT2D eigenvalue weighted by atomic mass is 10.3. The van der Waals surface area contributed by atoms with Crippen LogP contribution < -0.4 is 10.5 Å². The van der Waals surface area contributed by atoms with E-state index in [-0.39, 0.29) is 11.8 Å². The highest BCUT2D eigenvalue weighted by Gasteiger charge is 2.25. The van der Waals surface area contributed by atoms with Crippen molar-refractivity contribution in [1.29, 1.82) is 0 Å². The van der Waals surface area contributed by atoms with Gasteiger partial charge in [-0.2, -0.15) is 0 Å². The smallest absolute Gasteiger partial charge is 0.407 e. The zero-order valence-electron chi connectivity index (χ0n) is 9.03. The van der Waals surface area contributed by atoms with Crippen LogP contribution in [0.3, 0.4) is 0 Å². The molecule has 0 bridgehead atoms. The molecule has 0 spiro atoms. The van der Waals surface area contributed by atoms with Crippen molar-refractivity contribution in [2.24, 2.45) is 7.05 Å². The first kappa shape index (κ1) is 10.9. The summed E-state index contributed by atoms with van der Waals surface area (Å²) in [4.78, 5) is 13.7. The molecule has 0 radical (unpaired) electrons. The Morgan fingerprint density at radius 2 is 2.06 bits per heavy atom. The van der Waals surface area contributed by atoms with E-state index in [0.717, 1.165) is 0 Å². The summed E-state index contributed by atoms with van der Waals surface area (Å²) in [7, 11) is 1.55. The zero-order chi connectivity index (χ0) is 12.4. The van der Waals surface area contributed by atoms with Crippen LogP contribution in [0.15, 0.2) is 30.3 Å². The summed E-state index contributed by atoms with van der Waals surface area (Å²) in [6.45, 7) is 0. The molecule has 1 aromatic carbocycles. The first-order valence-electron chi connectivity index (χ1n) is 4.79. The van der Waals surface area contributed by atoms with Gasteiger partial charge in [0.05, 0.1) is 0 Å².